The van der Waals surface area contributed by atoms with Crippen molar-refractivity contribution in [2.45, 2.75) is 27.7 Å². The van der Waals surface area contributed by atoms with Gasteiger partial charge in [-0.05, 0) is 61.7 Å². The van der Waals surface area contributed by atoms with E-state index < -0.39 is 0 Å². The molecule has 0 radical (unpaired) electrons. The summed E-state index contributed by atoms with van der Waals surface area (Å²) in [4.78, 5) is 2.83. The summed E-state index contributed by atoms with van der Waals surface area (Å²) >= 11 is 3.61. The van der Waals surface area contributed by atoms with Crippen molar-refractivity contribution < 1.29 is 0 Å². The SMILES string of the molecule is Cc1ccsc1C.Cc1csc(C)c1. The van der Waals surface area contributed by atoms with Gasteiger partial charge in [0.25, 0.3) is 0 Å². The van der Waals surface area contributed by atoms with Gasteiger partial charge >= 0.3 is 0 Å². The molecule has 0 aliphatic heterocycles. The molecule has 2 aromatic heterocycles. The molecule has 2 heteroatoms. The maximum Gasteiger partial charge on any atom is 0.00433 e. The molecule has 2 rings (SSSR count). The van der Waals surface area contributed by atoms with Crippen molar-refractivity contribution in [1.82, 2.24) is 0 Å². The smallest absolute Gasteiger partial charge is 0.00433 e. The van der Waals surface area contributed by atoms with Crippen LogP contribution in [0.3, 0.4) is 0 Å². The molecule has 0 unspecified atom stereocenters. The summed E-state index contributed by atoms with van der Waals surface area (Å²) in [5, 5.41) is 4.28. The van der Waals surface area contributed by atoms with Gasteiger partial charge in [0.1, 0.15) is 0 Å². The standard InChI is InChI=1S/2C6H8S/c1-5-3-6(2)7-4-5;1-5-3-4-7-6(5)2/h2*3-4H,1-2H3. The minimum atomic E-state index is 1.38. The van der Waals surface area contributed by atoms with Gasteiger partial charge < -0.3 is 0 Å². The lowest BCUT2D eigenvalue weighted by Crippen LogP contribution is -1.61. The normalized spacial score (nSPS) is 9.43. The van der Waals surface area contributed by atoms with Gasteiger partial charge in [0.15, 0.2) is 0 Å². The van der Waals surface area contributed by atoms with Crippen molar-refractivity contribution in [1.29, 1.82) is 0 Å². The Kier molecular flexibility index (Phi) is 4.36. The molecule has 0 amide bonds. The molecule has 2 heterocycles. The minimum Gasteiger partial charge on any atom is -0.149 e. The number of aryl methyl sites for hydroxylation is 4. The molecule has 0 aliphatic rings. The topological polar surface area (TPSA) is 0 Å². The molecule has 14 heavy (non-hydrogen) atoms. The van der Waals surface area contributed by atoms with Crippen molar-refractivity contribution >= 4 is 22.7 Å². The highest BCUT2D eigenvalue weighted by Gasteiger charge is 1.87. The summed E-state index contributed by atoms with van der Waals surface area (Å²) < 4.78 is 0. The van der Waals surface area contributed by atoms with Crippen LogP contribution >= 0.6 is 22.7 Å². The lowest BCUT2D eigenvalue weighted by molar-refractivity contribution is 1.44. The summed E-state index contributed by atoms with van der Waals surface area (Å²) in [7, 11) is 0. The van der Waals surface area contributed by atoms with E-state index in [1.807, 2.05) is 0 Å². The van der Waals surface area contributed by atoms with Crippen molar-refractivity contribution in [3.05, 3.63) is 43.8 Å². The maximum atomic E-state index is 2.19. The van der Waals surface area contributed by atoms with Crippen LogP contribution < -0.4 is 0 Å². The lowest BCUT2D eigenvalue weighted by atomic mass is 10.3. The Hall–Kier alpha value is -0.600. The average molecular weight is 224 g/mol. The van der Waals surface area contributed by atoms with Crippen LogP contribution in [0.4, 0.5) is 0 Å². The van der Waals surface area contributed by atoms with Gasteiger partial charge in [-0.25, -0.2) is 0 Å². The summed E-state index contributed by atoms with van der Waals surface area (Å²) in [6, 6.07) is 4.32. The fourth-order valence-corrected chi connectivity index (χ4v) is 2.45. The molecule has 0 atom stereocenters. The van der Waals surface area contributed by atoms with Crippen molar-refractivity contribution in [3.8, 4) is 0 Å². The molecule has 0 fully saturated rings. The molecule has 0 spiro atoms. The predicted molar refractivity (Wildman–Crippen MR) is 67.6 cm³/mol. The van der Waals surface area contributed by atoms with Crippen molar-refractivity contribution in [2.24, 2.45) is 0 Å². The fourth-order valence-electron chi connectivity index (χ4n) is 1.02. The van der Waals surface area contributed by atoms with E-state index in [1.54, 1.807) is 22.7 Å². The fraction of sp³-hybridized carbons (Fsp3) is 0.333. The lowest BCUT2D eigenvalue weighted by Gasteiger charge is -1.79. The monoisotopic (exact) mass is 224 g/mol. The first-order valence-electron chi connectivity index (χ1n) is 4.62. The van der Waals surface area contributed by atoms with Crippen LogP contribution in [0.1, 0.15) is 20.9 Å². The number of hydrogen-bond acceptors (Lipinski definition) is 2. The second-order valence-electron chi connectivity index (χ2n) is 3.39. The van der Waals surface area contributed by atoms with Crippen LogP contribution in [0.2, 0.25) is 0 Å². The Labute approximate surface area is 94.2 Å². The molecule has 0 aliphatic carbocycles. The maximum absolute atomic E-state index is 2.19. The Balaban J connectivity index is 0.000000140. The summed E-state index contributed by atoms with van der Waals surface area (Å²) in [6.45, 7) is 8.51. The van der Waals surface area contributed by atoms with Gasteiger partial charge in [-0.1, -0.05) is 0 Å². The van der Waals surface area contributed by atoms with E-state index in [0.29, 0.717) is 0 Å². The van der Waals surface area contributed by atoms with Gasteiger partial charge in [0, 0.05) is 9.75 Å². The van der Waals surface area contributed by atoms with Crippen LogP contribution in [-0.4, -0.2) is 0 Å². The zero-order valence-corrected chi connectivity index (χ0v) is 10.8. The molecule has 0 saturated carbocycles. The van der Waals surface area contributed by atoms with Crippen LogP contribution in [0, 0.1) is 27.7 Å². The predicted octanol–water partition coefficient (Wildman–Crippen LogP) is 4.73. The Morgan fingerprint density at radius 3 is 1.86 bits per heavy atom. The highest BCUT2D eigenvalue weighted by Crippen LogP contribution is 2.12. The zero-order chi connectivity index (χ0) is 10.6. The number of rotatable bonds is 0. The van der Waals surface area contributed by atoms with Crippen LogP contribution in [-0.2, 0) is 0 Å². The summed E-state index contributed by atoms with van der Waals surface area (Å²) in [6.07, 6.45) is 0. The first-order valence-corrected chi connectivity index (χ1v) is 6.38. The second kappa shape index (κ2) is 5.32. The Morgan fingerprint density at radius 2 is 1.71 bits per heavy atom. The largest absolute Gasteiger partial charge is 0.149 e. The second-order valence-corrected chi connectivity index (χ2v) is 5.63. The minimum absolute atomic E-state index is 1.38. The molecule has 0 nitrogen and oxygen atoms in total. The molecule has 0 bridgehead atoms. The van der Waals surface area contributed by atoms with Gasteiger partial charge in [-0.3, -0.25) is 0 Å². The van der Waals surface area contributed by atoms with Gasteiger partial charge in [0.2, 0.25) is 0 Å². The van der Waals surface area contributed by atoms with Crippen molar-refractivity contribution in [2.75, 3.05) is 0 Å². The number of hydrogen-bond donors (Lipinski definition) is 0. The third kappa shape index (κ3) is 3.64. The third-order valence-electron chi connectivity index (χ3n) is 1.98. The highest BCUT2D eigenvalue weighted by molar-refractivity contribution is 7.10. The first-order chi connectivity index (χ1) is 6.59. The summed E-state index contributed by atoms with van der Waals surface area (Å²) in [5.41, 5.74) is 2.78. The van der Waals surface area contributed by atoms with Crippen LogP contribution in [0.25, 0.3) is 0 Å². The van der Waals surface area contributed by atoms with E-state index in [1.165, 1.54) is 20.9 Å². The van der Waals surface area contributed by atoms with Gasteiger partial charge in [-0.2, -0.15) is 0 Å². The van der Waals surface area contributed by atoms with Gasteiger partial charge in [0.05, 0.1) is 0 Å². The van der Waals surface area contributed by atoms with Crippen LogP contribution in [0.15, 0.2) is 22.9 Å². The van der Waals surface area contributed by atoms with E-state index in [9.17, 15) is 0 Å². The molecule has 76 valence electrons. The van der Waals surface area contributed by atoms with Crippen LogP contribution in [0.5, 0.6) is 0 Å². The first kappa shape index (κ1) is 11.5. The molecule has 0 aromatic carbocycles. The number of thiophene rings is 2. The van der Waals surface area contributed by atoms with E-state index in [0.717, 1.165) is 0 Å². The Bertz CT molecular complexity index is 349. The van der Waals surface area contributed by atoms with E-state index >= 15 is 0 Å². The van der Waals surface area contributed by atoms with Crippen molar-refractivity contribution in [3.63, 3.8) is 0 Å². The van der Waals surface area contributed by atoms with E-state index in [2.05, 4.69) is 50.6 Å². The summed E-state index contributed by atoms with van der Waals surface area (Å²) in [5.74, 6) is 0. The highest BCUT2D eigenvalue weighted by atomic mass is 32.1. The Morgan fingerprint density at radius 1 is 1.00 bits per heavy atom. The van der Waals surface area contributed by atoms with E-state index in [4.69, 9.17) is 0 Å². The van der Waals surface area contributed by atoms with E-state index in [-0.39, 0.29) is 0 Å². The molecule has 0 N–H and O–H groups in total. The van der Waals surface area contributed by atoms with Gasteiger partial charge in [-0.15, -0.1) is 22.7 Å². The zero-order valence-electron chi connectivity index (χ0n) is 9.13. The molecule has 0 saturated heterocycles. The molecular formula is C12H16S2. The quantitative estimate of drug-likeness (QED) is 0.607. The molecular weight excluding hydrogens is 208 g/mol. The molecule has 2 aromatic rings. The third-order valence-corrected chi connectivity index (χ3v) is 3.91. The average Bonchev–Trinajstić information content (AvgIpc) is 2.65.